The first kappa shape index (κ1) is 16.6. The Morgan fingerprint density at radius 1 is 1.00 bits per heavy atom. The van der Waals surface area contributed by atoms with Gasteiger partial charge in [0.05, 0.1) is 11.1 Å². The summed E-state index contributed by atoms with van der Waals surface area (Å²) in [5.74, 6) is -1.07. The third-order valence-electron chi connectivity index (χ3n) is 1.94. The first-order chi connectivity index (χ1) is 7.53. The third kappa shape index (κ3) is 3.52. The van der Waals surface area contributed by atoms with E-state index in [1.807, 2.05) is 0 Å². The van der Waals surface area contributed by atoms with Gasteiger partial charge in [-0.3, -0.25) is 5.41 Å². The number of amidine groups is 1. The van der Waals surface area contributed by atoms with Crippen LogP contribution in [0.3, 0.4) is 0 Å². The topological polar surface area (TPSA) is 49.9 Å². The lowest BCUT2D eigenvalue weighted by molar-refractivity contribution is -0.141. The quantitative estimate of drug-likeness (QED) is 0.465. The first-order valence-corrected chi connectivity index (χ1v) is 4.16. The van der Waals surface area contributed by atoms with Crippen molar-refractivity contribution >= 4 is 18.2 Å². The molecule has 0 spiro atoms. The minimum atomic E-state index is -4.86. The fourth-order valence-corrected chi connectivity index (χ4v) is 1.19. The van der Waals surface area contributed by atoms with Crippen LogP contribution in [0.4, 0.5) is 26.3 Å². The maximum atomic E-state index is 12.4. The highest BCUT2D eigenvalue weighted by molar-refractivity contribution is 5.96. The van der Waals surface area contributed by atoms with E-state index >= 15 is 0 Å². The SMILES string of the molecule is Cl.N=C(N)c1cc(C(F)(F)F)ccc1C(F)(F)F. The average Bonchev–Trinajstić information content (AvgIpc) is 2.14. The van der Waals surface area contributed by atoms with Crippen LogP contribution in [-0.4, -0.2) is 5.84 Å². The van der Waals surface area contributed by atoms with Crippen molar-refractivity contribution in [3.8, 4) is 0 Å². The van der Waals surface area contributed by atoms with Crippen molar-refractivity contribution < 1.29 is 26.3 Å². The van der Waals surface area contributed by atoms with E-state index in [1.54, 1.807) is 0 Å². The van der Waals surface area contributed by atoms with E-state index in [4.69, 9.17) is 11.1 Å². The van der Waals surface area contributed by atoms with Crippen molar-refractivity contribution in [3.05, 3.63) is 34.9 Å². The molecule has 18 heavy (non-hydrogen) atoms. The second-order valence-corrected chi connectivity index (χ2v) is 3.17. The van der Waals surface area contributed by atoms with E-state index < -0.39 is 34.9 Å². The van der Waals surface area contributed by atoms with Gasteiger partial charge in [0, 0.05) is 5.56 Å². The van der Waals surface area contributed by atoms with Crippen LogP contribution < -0.4 is 5.73 Å². The minimum Gasteiger partial charge on any atom is -0.384 e. The summed E-state index contributed by atoms with van der Waals surface area (Å²) in [5.41, 5.74) is 1.22. The van der Waals surface area contributed by atoms with Crippen LogP contribution in [0.25, 0.3) is 0 Å². The zero-order chi connectivity index (χ0) is 13.4. The second-order valence-electron chi connectivity index (χ2n) is 3.17. The van der Waals surface area contributed by atoms with Gasteiger partial charge in [0.25, 0.3) is 0 Å². The third-order valence-corrected chi connectivity index (χ3v) is 1.94. The number of nitrogens with two attached hydrogens (primary N) is 1. The van der Waals surface area contributed by atoms with Gasteiger partial charge >= 0.3 is 12.4 Å². The van der Waals surface area contributed by atoms with Gasteiger partial charge in [-0.2, -0.15) is 26.3 Å². The lowest BCUT2D eigenvalue weighted by Gasteiger charge is -2.14. The molecule has 0 radical (unpaired) electrons. The van der Waals surface area contributed by atoms with E-state index in [2.05, 4.69) is 0 Å². The van der Waals surface area contributed by atoms with Crippen molar-refractivity contribution in [1.29, 1.82) is 5.41 Å². The van der Waals surface area contributed by atoms with Gasteiger partial charge in [0.2, 0.25) is 0 Å². The fourth-order valence-electron chi connectivity index (χ4n) is 1.19. The highest BCUT2D eigenvalue weighted by atomic mass is 35.5. The molecule has 0 bridgehead atoms. The van der Waals surface area contributed by atoms with Crippen LogP contribution >= 0.6 is 12.4 Å². The number of halogens is 7. The van der Waals surface area contributed by atoms with E-state index in [9.17, 15) is 26.3 Å². The number of alkyl halides is 6. The lowest BCUT2D eigenvalue weighted by atomic mass is 10.0. The molecule has 2 nitrogen and oxygen atoms in total. The molecule has 0 saturated heterocycles. The number of nitrogen functional groups attached to an aromatic ring is 1. The van der Waals surface area contributed by atoms with Gasteiger partial charge < -0.3 is 5.73 Å². The summed E-state index contributed by atoms with van der Waals surface area (Å²) < 4.78 is 74.0. The van der Waals surface area contributed by atoms with Crippen LogP contribution in [0, 0.1) is 5.41 Å². The Morgan fingerprint density at radius 2 is 1.50 bits per heavy atom. The molecule has 0 aromatic heterocycles. The van der Waals surface area contributed by atoms with E-state index in [0.29, 0.717) is 6.07 Å². The molecule has 0 saturated carbocycles. The molecule has 0 fully saturated rings. The monoisotopic (exact) mass is 292 g/mol. The average molecular weight is 293 g/mol. The highest BCUT2D eigenvalue weighted by Crippen LogP contribution is 2.36. The molecule has 0 aliphatic rings. The normalized spacial score (nSPS) is 11.9. The predicted octanol–water partition coefficient (Wildman–Crippen LogP) is 3.43. The number of hydrogen-bond acceptors (Lipinski definition) is 1. The Labute approximate surface area is 104 Å². The molecule has 0 aliphatic carbocycles. The summed E-state index contributed by atoms with van der Waals surface area (Å²) in [4.78, 5) is 0. The van der Waals surface area contributed by atoms with Crippen molar-refractivity contribution in [2.75, 3.05) is 0 Å². The minimum absolute atomic E-state index is 0. The molecule has 9 heteroatoms. The van der Waals surface area contributed by atoms with Crippen molar-refractivity contribution in [2.45, 2.75) is 12.4 Å². The van der Waals surface area contributed by atoms with Gasteiger partial charge in [-0.05, 0) is 18.2 Å². The zero-order valence-corrected chi connectivity index (χ0v) is 9.30. The summed E-state index contributed by atoms with van der Waals surface area (Å²) in [6, 6.07) is 0.778. The largest absolute Gasteiger partial charge is 0.417 e. The number of rotatable bonds is 1. The molecule has 0 amide bonds. The highest BCUT2D eigenvalue weighted by Gasteiger charge is 2.37. The second kappa shape index (κ2) is 5.05. The molecule has 0 unspecified atom stereocenters. The predicted molar refractivity (Wildman–Crippen MR) is 54.7 cm³/mol. The van der Waals surface area contributed by atoms with Crippen molar-refractivity contribution in [3.63, 3.8) is 0 Å². The Balaban J connectivity index is 0.00000289. The molecule has 1 aromatic rings. The lowest BCUT2D eigenvalue weighted by Crippen LogP contribution is -2.20. The summed E-state index contributed by atoms with van der Waals surface area (Å²) in [5, 5.41) is 6.87. The molecule has 3 N–H and O–H groups in total. The van der Waals surface area contributed by atoms with Crippen LogP contribution in [0.2, 0.25) is 0 Å². The Morgan fingerprint density at radius 3 is 1.83 bits per heavy atom. The van der Waals surface area contributed by atoms with Crippen LogP contribution in [-0.2, 0) is 12.4 Å². The van der Waals surface area contributed by atoms with Crippen LogP contribution in [0.1, 0.15) is 16.7 Å². The molecular weight excluding hydrogens is 286 g/mol. The van der Waals surface area contributed by atoms with Gasteiger partial charge in [0.15, 0.2) is 0 Å². The zero-order valence-electron chi connectivity index (χ0n) is 8.49. The van der Waals surface area contributed by atoms with Crippen LogP contribution in [0.15, 0.2) is 18.2 Å². The molecule has 102 valence electrons. The molecule has 1 rings (SSSR count). The van der Waals surface area contributed by atoms with Crippen LogP contribution in [0.5, 0.6) is 0 Å². The Kier molecular flexibility index (Phi) is 4.65. The standard InChI is InChI=1S/C9H6F6N2.ClH/c10-8(11,12)4-1-2-6(9(13,14)15)5(3-4)7(16)17;/h1-3H,(H3,16,17);1H. The molecule has 0 aliphatic heterocycles. The maximum absolute atomic E-state index is 12.4. The fraction of sp³-hybridized carbons (Fsp3) is 0.222. The van der Waals surface area contributed by atoms with Crippen molar-refractivity contribution in [2.24, 2.45) is 5.73 Å². The van der Waals surface area contributed by atoms with Gasteiger partial charge in [-0.25, -0.2) is 0 Å². The number of hydrogen-bond donors (Lipinski definition) is 2. The first-order valence-electron chi connectivity index (χ1n) is 4.16. The smallest absolute Gasteiger partial charge is 0.384 e. The van der Waals surface area contributed by atoms with Gasteiger partial charge in [-0.15, -0.1) is 12.4 Å². The molecule has 0 atom stereocenters. The number of nitrogens with one attached hydrogen (secondary N) is 1. The molecule has 0 heterocycles. The summed E-state index contributed by atoms with van der Waals surface area (Å²) in [6.45, 7) is 0. The summed E-state index contributed by atoms with van der Waals surface area (Å²) >= 11 is 0. The molecule has 1 aromatic carbocycles. The molecular formula is C9H7ClF6N2. The number of benzene rings is 1. The van der Waals surface area contributed by atoms with E-state index in [1.165, 1.54) is 0 Å². The van der Waals surface area contributed by atoms with Crippen molar-refractivity contribution in [1.82, 2.24) is 0 Å². The summed E-state index contributed by atoms with van der Waals surface area (Å²) in [7, 11) is 0. The Hall–Kier alpha value is -1.44. The Bertz CT molecular complexity index is 451. The van der Waals surface area contributed by atoms with E-state index in [0.717, 1.165) is 0 Å². The van der Waals surface area contributed by atoms with Gasteiger partial charge in [-0.1, -0.05) is 0 Å². The summed E-state index contributed by atoms with van der Waals surface area (Å²) in [6.07, 6.45) is -9.64. The van der Waals surface area contributed by atoms with E-state index in [-0.39, 0.29) is 24.5 Å². The van der Waals surface area contributed by atoms with Gasteiger partial charge in [0.1, 0.15) is 5.84 Å². The maximum Gasteiger partial charge on any atom is 0.417 e.